The minimum atomic E-state index is -4.02. The minimum Gasteiger partial charge on any atom is -0.445 e. The lowest BCUT2D eigenvalue weighted by Gasteiger charge is -2.21. The van der Waals surface area contributed by atoms with E-state index < -0.39 is 21.3 Å². The van der Waals surface area contributed by atoms with Crippen LogP contribution in [0.5, 0.6) is 0 Å². The van der Waals surface area contributed by atoms with E-state index in [1.807, 2.05) is 25.1 Å². The number of aryl methyl sites for hydroxylation is 1. The van der Waals surface area contributed by atoms with Gasteiger partial charge in [0.15, 0.2) is 5.37 Å². The fraction of sp³-hybridized carbons (Fsp3) is 0.136. The Balaban J connectivity index is 1.91. The standard InChI is InChI=1S/C22H19Cl2NO4S/c1-15-7-10-18(11-8-15)30(27,28)21(19-12-9-17(23)13-20(19)24)25-22(26)29-14-16-5-3-2-4-6-16/h2-13,21H,14H2,1H3,(H,25,26). The first-order chi connectivity index (χ1) is 14.3. The van der Waals surface area contributed by atoms with Crippen molar-refractivity contribution in [1.82, 2.24) is 5.32 Å². The van der Waals surface area contributed by atoms with Gasteiger partial charge in [0.2, 0.25) is 9.84 Å². The highest BCUT2D eigenvalue weighted by molar-refractivity contribution is 7.91. The summed E-state index contributed by atoms with van der Waals surface area (Å²) in [5.41, 5.74) is 1.87. The Morgan fingerprint density at radius 1 is 1.00 bits per heavy atom. The molecule has 156 valence electrons. The molecule has 0 fully saturated rings. The van der Waals surface area contributed by atoms with Gasteiger partial charge in [0.05, 0.1) is 4.90 Å². The van der Waals surface area contributed by atoms with Crippen molar-refractivity contribution < 1.29 is 17.9 Å². The van der Waals surface area contributed by atoms with E-state index in [4.69, 9.17) is 27.9 Å². The van der Waals surface area contributed by atoms with Crippen LogP contribution in [0, 0.1) is 6.92 Å². The number of hydrogen-bond acceptors (Lipinski definition) is 4. The van der Waals surface area contributed by atoms with Crippen LogP contribution in [-0.2, 0) is 21.2 Å². The van der Waals surface area contributed by atoms with Crippen LogP contribution >= 0.6 is 23.2 Å². The van der Waals surface area contributed by atoms with Crippen molar-refractivity contribution in [3.05, 3.63) is 99.5 Å². The number of halogens is 2. The molecule has 0 aliphatic heterocycles. The van der Waals surface area contributed by atoms with E-state index in [0.717, 1.165) is 11.1 Å². The molecule has 0 aliphatic carbocycles. The summed E-state index contributed by atoms with van der Waals surface area (Å²) >= 11 is 12.2. The lowest BCUT2D eigenvalue weighted by Crippen LogP contribution is -2.34. The summed E-state index contributed by atoms with van der Waals surface area (Å²) in [6, 6.07) is 19.8. The second-order valence-electron chi connectivity index (χ2n) is 6.61. The summed E-state index contributed by atoms with van der Waals surface area (Å²) in [6.45, 7) is 1.85. The Morgan fingerprint density at radius 2 is 1.67 bits per heavy atom. The number of ether oxygens (including phenoxy) is 1. The van der Waals surface area contributed by atoms with E-state index in [0.29, 0.717) is 5.02 Å². The van der Waals surface area contributed by atoms with Crippen molar-refractivity contribution in [3.8, 4) is 0 Å². The van der Waals surface area contributed by atoms with Gasteiger partial charge in [-0.2, -0.15) is 0 Å². The van der Waals surface area contributed by atoms with Crippen LogP contribution in [0.3, 0.4) is 0 Å². The average molecular weight is 464 g/mol. The first-order valence-corrected chi connectivity index (χ1v) is 11.3. The highest BCUT2D eigenvalue weighted by atomic mass is 35.5. The molecular formula is C22H19Cl2NO4S. The Labute approximate surface area is 185 Å². The largest absolute Gasteiger partial charge is 0.445 e. The van der Waals surface area contributed by atoms with Crippen LogP contribution in [0.15, 0.2) is 77.7 Å². The number of benzene rings is 3. The van der Waals surface area contributed by atoms with Crippen molar-refractivity contribution in [3.63, 3.8) is 0 Å². The van der Waals surface area contributed by atoms with Crippen molar-refractivity contribution in [2.24, 2.45) is 0 Å². The number of hydrogen-bond donors (Lipinski definition) is 1. The van der Waals surface area contributed by atoms with E-state index in [9.17, 15) is 13.2 Å². The number of nitrogens with one attached hydrogen (secondary N) is 1. The van der Waals surface area contributed by atoms with Gasteiger partial charge >= 0.3 is 6.09 Å². The van der Waals surface area contributed by atoms with Gasteiger partial charge in [0, 0.05) is 15.6 Å². The van der Waals surface area contributed by atoms with Gasteiger partial charge in [0.1, 0.15) is 6.61 Å². The van der Waals surface area contributed by atoms with E-state index >= 15 is 0 Å². The molecule has 0 saturated carbocycles. The summed E-state index contributed by atoms with van der Waals surface area (Å²) in [6.07, 6.45) is -0.884. The lowest BCUT2D eigenvalue weighted by molar-refractivity contribution is 0.138. The average Bonchev–Trinajstić information content (AvgIpc) is 2.72. The molecule has 5 nitrogen and oxygen atoms in total. The van der Waals surface area contributed by atoms with Gasteiger partial charge in [0.25, 0.3) is 0 Å². The highest BCUT2D eigenvalue weighted by Gasteiger charge is 2.33. The maximum atomic E-state index is 13.3. The van der Waals surface area contributed by atoms with E-state index in [1.165, 1.54) is 30.3 Å². The van der Waals surface area contributed by atoms with Gasteiger partial charge in [-0.1, -0.05) is 77.3 Å². The third-order valence-electron chi connectivity index (χ3n) is 4.37. The number of sulfone groups is 1. The SMILES string of the molecule is Cc1ccc(S(=O)(=O)C(NC(=O)OCc2ccccc2)c2ccc(Cl)cc2Cl)cc1. The number of rotatable bonds is 6. The van der Waals surface area contributed by atoms with Crippen molar-refractivity contribution >= 4 is 39.1 Å². The Hall–Kier alpha value is -2.54. The molecule has 1 atom stereocenters. The third-order valence-corrected chi connectivity index (χ3v) is 6.85. The molecule has 8 heteroatoms. The molecular weight excluding hydrogens is 445 g/mol. The van der Waals surface area contributed by atoms with Crippen LogP contribution in [0.4, 0.5) is 4.79 Å². The second kappa shape index (κ2) is 9.51. The van der Waals surface area contributed by atoms with Gasteiger partial charge in [-0.3, -0.25) is 0 Å². The van der Waals surface area contributed by atoms with Gasteiger partial charge in [-0.05, 0) is 36.8 Å². The molecule has 30 heavy (non-hydrogen) atoms. The minimum absolute atomic E-state index is 0.00166. The summed E-state index contributed by atoms with van der Waals surface area (Å²) in [5.74, 6) is 0. The second-order valence-corrected chi connectivity index (χ2v) is 9.49. The zero-order chi connectivity index (χ0) is 21.7. The summed E-state index contributed by atoms with van der Waals surface area (Å²) in [7, 11) is -4.02. The summed E-state index contributed by atoms with van der Waals surface area (Å²) in [4.78, 5) is 12.5. The first-order valence-electron chi connectivity index (χ1n) is 9.00. The van der Waals surface area contributed by atoms with Crippen LogP contribution in [-0.4, -0.2) is 14.5 Å². The Bertz CT molecular complexity index is 1130. The van der Waals surface area contributed by atoms with Gasteiger partial charge in [-0.25, -0.2) is 13.2 Å². The number of carbonyl (C=O) groups is 1. The normalized spacial score (nSPS) is 12.2. The molecule has 0 aromatic heterocycles. The van der Waals surface area contributed by atoms with Crippen molar-refractivity contribution in [2.75, 3.05) is 0 Å². The smallest absolute Gasteiger partial charge is 0.408 e. The molecule has 3 rings (SSSR count). The molecule has 0 aliphatic rings. The van der Waals surface area contributed by atoms with Crippen LogP contribution in [0.25, 0.3) is 0 Å². The van der Waals surface area contributed by atoms with E-state index in [1.54, 1.807) is 24.3 Å². The molecule has 0 saturated heterocycles. The zero-order valence-electron chi connectivity index (χ0n) is 16.0. The van der Waals surface area contributed by atoms with E-state index in [2.05, 4.69) is 5.32 Å². The first kappa shape index (κ1) is 22.2. The molecule has 0 spiro atoms. The number of amides is 1. The number of alkyl carbamates (subject to hydrolysis) is 1. The zero-order valence-corrected chi connectivity index (χ0v) is 18.3. The van der Waals surface area contributed by atoms with Crippen LogP contribution < -0.4 is 5.32 Å². The van der Waals surface area contributed by atoms with Gasteiger partial charge in [-0.15, -0.1) is 0 Å². The number of carbonyl (C=O) groups excluding carboxylic acids is 1. The van der Waals surface area contributed by atoms with Gasteiger partial charge < -0.3 is 10.1 Å². The topological polar surface area (TPSA) is 72.5 Å². The Kier molecular flexibility index (Phi) is 7.02. The monoisotopic (exact) mass is 463 g/mol. The fourth-order valence-corrected chi connectivity index (χ4v) is 4.93. The van der Waals surface area contributed by atoms with Crippen molar-refractivity contribution in [2.45, 2.75) is 23.8 Å². The van der Waals surface area contributed by atoms with Crippen LogP contribution in [0.2, 0.25) is 10.0 Å². The van der Waals surface area contributed by atoms with Crippen molar-refractivity contribution in [1.29, 1.82) is 0 Å². The maximum absolute atomic E-state index is 13.3. The molecule has 1 N–H and O–H groups in total. The predicted octanol–water partition coefficient (Wildman–Crippen LogP) is 5.70. The molecule has 0 heterocycles. The predicted molar refractivity (Wildman–Crippen MR) is 117 cm³/mol. The highest BCUT2D eigenvalue weighted by Crippen LogP contribution is 2.33. The molecule has 0 radical (unpaired) electrons. The quantitative estimate of drug-likeness (QED) is 0.508. The summed E-state index contributed by atoms with van der Waals surface area (Å²) in [5, 5.41) is 1.46. The van der Waals surface area contributed by atoms with E-state index in [-0.39, 0.29) is 22.1 Å². The molecule has 0 bridgehead atoms. The molecule has 3 aromatic rings. The third kappa shape index (κ3) is 5.33. The molecule has 1 unspecified atom stereocenters. The summed E-state index contributed by atoms with van der Waals surface area (Å²) < 4.78 is 31.9. The maximum Gasteiger partial charge on any atom is 0.408 e. The fourth-order valence-electron chi connectivity index (χ4n) is 2.77. The molecule has 1 amide bonds. The molecule has 3 aromatic carbocycles. The lowest BCUT2D eigenvalue weighted by atomic mass is 10.2. The Morgan fingerprint density at radius 3 is 2.30 bits per heavy atom. The van der Waals surface area contributed by atoms with Crippen LogP contribution in [0.1, 0.15) is 22.1 Å².